The molecule has 0 aliphatic heterocycles. The maximum atomic E-state index is 9.16. The molecule has 0 unspecified atom stereocenters. The molecule has 136 valence electrons. The van der Waals surface area contributed by atoms with Gasteiger partial charge in [0.05, 0.1) is 32.6 Å². The standard InChI is InChI=1S/C18H18Cl2N4OS/c1-3-24(6-7-25)12-4-5-15(11(2)8-12)22-23-18-21-16-9-13(19)14(20)10-17(16)26-18/h4-5,8-10,25H,3,6-7H2,1-2H3. The number of nitrogens with zero attached hydrogens (tertiary/aromatic N) is 4. The molecule has 1 heterocycles. The van der Waals surface area contributed by atoms with Crippen molar-refractivity contribution >= 4 is 61.3 Å². The zero-order chi connectivity index (χ0) is 18.7. The third-order valence-electron chi connectivity index (χ3n) is 3.96. The highest BCUT2D eigenvalue weighted by atomic mass is 35.5. The van der Waals surface area contributed by atoms with Gasteiger partial charge in [0.15, 0.2) is 0 Å². The second-order valence-corrected chi connectivity index (χ2v) is 7.53. The Labute approximate surface area is 165 Å². The van der Waals surface area contributed by atoms with Gasteiger partial charge in [-0.1, -0.05) is 34.5 Å². The zero-order valence-corrected chi connectivity index (χ0v) is 16.7. The van der Waals surface area contributed by atoms with Crippen LogP contribution in [-0.2, 0) is 0 Å². The Morgan fingerprint density at radius 3 is 2.62 bits per heavy atom. The first kappa shape index (κ1) is 19.0. The monoisotopic (exact) mass is 408 g/mol. The van der Waals surface area contributed by atoms with Crippen LogP contribution in [0.1, 0.15) is 12.5 Å². The summed E-state index contributed by atoms with van der Waals surface area (Å²) in [5.41, 5.74) is 3.61. The van der Waals surface area contributed by atoms with E-state index in [0.29, 0.717) is 21.7 Å². The molecule has 2 aromatic carbocycles. The number of aryl methyl sites for hydroxylation is 1. The number of halogens is 2. The second kappa shape index (κ2) is 8.31. The topological polar surface area (TPSA) is 61.1 Å². The van der Waals surface area contributed by atoms with Gasteiger partial charge in [-0.05, 0) is 49.7 Å². The van der Waals surface area contributed by atoms with E-state index in [4.69, 9.17) is 28.3 Å². The number of likely N-dealkylation sites (N-methyl/N-ethyl adjacent to an activating group) is 1. The Morgan fingerprint density at radius 2 is 1.92 bits per heavy atom. The average molecular weight is 409 g/mol. The Hall–Kier alpha value is -1.73. The lowest BCUT2D eigenvalue weighted by Gasteiger charge is -2.22. The van der Waals surface area contributed by atoms with E-state index in [1.165, 1.54) is 11.3 Å². The Kier molecular flexibility index (Phi) is 6.09. The molecule has 0 atom stereocenters. The smallest absolute Gasteiger partial charge is 0.231 e. The lowest BCUT2D eigenvalue weighted by atomic mass is 10.1. The van der Waals surface area contributed by atoms with Crippen LogP contribution in [0, 0.1) is 6.92 Å². The first-order chi connectivity index (χ1) is 12.5. The van der Waals surface area contributed by atoms with Crippen LogP contribution < -0.4 is 4.90 Å². The van der Waals surface area contributed by atoms with E-state index in [0.717, 1.165) is 33.7 Å². The molecule has 3 aromatic rings. The molecule has 0 saturated carbocycles. The van der Waals surface area contributed by atoms with E-state index in [-0.39, 0.29) is 6.61 Å². The maximum Gasteiger partial charge on any atom is 0.231 e. The third kappa shape index (κ3) is 4.15. The quantitative estimate of drug-likeness (QED) is 0.497. The predicted molar refractivity (Wildman–Crippen MR) is 110 cm³/mol. The summed E-state index contributed by atoms with van der Waals surface area (Å²) in [6.45, 7) is 5.61. The fourth-order valence-corrected chi connectivity index (χ4v) is 3.78. The van der Waals surface area contributed by atoms with Crippen molar-refractivity contribution in [3.05, 3.63) is 45.9 Å². The van der Waals surface area contributed by atoms with Crippen LogP contribution in [0.2, 0.25) is 10.0 Å². The normalized spacial score (nSPS) is 11.6. The number of rotatable bonds is 6. The van der Waals surface area contributed by atoms with Crippen LogP contribution in [-0.4, -0.2) is 29.8 Å². The summed E-state index contributed by atoms with van der Waals surface area (Å²) in [6, 6.07) is 9.48. The van der Waals surface area contributed by atoms with E-state index in [9.17, 15) is 0 Å². The van der Waals surface area contributed by atoms with Crippen molar-refractivity contribution < 1.29 is 5.11 Å². The lowest BCUT2D eigenvalue weighted by molar-refractivity contribution is 0.302. The number of aliphatic hydroxyl groups excluding tert-OH is 1. The summed E-state index contributed by atoms with van der Waals surface area (Å²) < 4.78 is 0.919. The highest BCUT2D eigenvalue weighted by Gasteiger charge is 2.08. The van der Waals surface area contributed by atoms with Gasteiger partial charge < -0.3 is 10.0 Å². The summed E-state index contributed by atoms with van der Waals surface area (Å²) in [6.07, 6.45) is 0. The molecule has 3 rings (SSSR count). The van der Waals surface area contributed by atoms with Crippen LogP contribution in [0.4, 0.5) is 16.5 Å². The molecule has 0 radical (unpaired) electrons. The maximum absolute atomic E-state index is 9.16. The van der Waals surface area contributed by atoms with Gasteiger partial charge in [-0.2, -0.15) is 0 Å². The van der Waals surface area contributed by atoms with Crippen molar-refractivity contribution in [2.24, 2.45) is 10.2 Å². The highest BCUT2D eigenvalue weighted by Crippen LogP contribution is 2.35. The molecule has 1 N–H and O–H groups in total. The number of thiazole rings is 1. The number of azo groups is 1. The number of hydrogen-bond donors (Lipinski definition) is 1. The van der Waals surface area contributed by atoms with E-state index in [2.05, 4.69) is 27.0 Å². The van der Waals surface area contributed by atoms with Gasteiger partial charge in [-0.25, -0.2) is 4.98 Å². The van der Waals surface area contributed by atoms with Gasteiger partial charge in [0.25, 0.3) is 0 Å². The number of aliphatic hydroxyl groups is 1. The Morgan fingerprint density at radius 1 is 1.15 bits per heavy atom. The number of aromatic nitrogens is 1. The molecule has 0 fully saturated rings. The van der Waals surface area contributed by atoms with Crippen molar-refractivity contribution in [2.75, 3.05) is 24.6 Å². The van der Waals surface area contributed by atoms with E-state index < -0.39 is 0 Å². The molecule has 0 spiro atoms. The number of anilines is 1. The largest absolute Gasteiger partial charge is 0.395 e. The van der Waals surface area contributed by atoms with Crippen LogP contribution in [0.3, 0.4) is 0 Å². The molecule has 26 heavy (non-hydrogen) atoms. The number of hydrogen-bond acceptors (Lipinski definition) is 6. The lowest BCUT2D eigenvalue weighted by Crippen LogP contribution is -2.26. The molecule has 5 nitrogen and oxygen atoms in total. The van der Waals surface area contributed by atoms with Crippen molar-refractivity contribution in [3.8, 4) is 0 Å². The van der Waals surface area contributed by atoms with Gasteiger partial charge in [0.1, 0.15) is 0 Å². The van der Waals surface area contributed by atoms with Crippen molar-refractivity contribution in [3.63, 3.8) is 0 Å². The van der Waals surface area contributed by atoms with Crippen LogP contribution >= 0.6 is 34.5 Å². The molecule has 0 amide bonds. The summed E-state index contributed by atoms with van der Waals surface area (Å²) in [5, 5.41) is 19.3. The van der Waals surface area contributed by atoms with Crippen molar-refractivity contribution in [1.29, 1.82) is 0 Å². The fourth-order valence-electron chi connectivity index (χ4n) is 2.59. The molecule has 0 aliphatic rings. The third-order valence-corrected chi connectivity index (χ3v) is 5.58. The molecule has 8 heteroatoms. The van der Waals surface area contributed by atoms with E-state index in [1.807, 2.05) is 25.1 Å². The van der Waals surface area contributed by atoms with Gasteiger partial charge in [-0.3, -0.25) is 0 Å². The van der Waals surface area contributed by atoms with E-state index >= 15 is 0 Å². The molecule has 1 aromatic heterocycles. The molecular weight excluding hydrogens is 391 g/mol. The molecule has 0 aliphatic carbocycles. The summed E-state index contributed by atoms with van der Waals surface area (Å²) in [5.74, 6) is 0. The summed E-state index contributed by atoms with van der Waals surface area (Å²) in [4.78, 5) is 6.53. The first-order valence-electron chi connectivity index (χ1n) is 8.15. The fraction of sp³-hybridized carbons (Fsp3) is 0.278. The minimum absolute atomic E-state index is 0.125. The molecule has 0 saturated heterocycles. The van der Waals surface area contributed by atoms with Gasteiger partial charge in [-0.15, -0.1) is 10.2 Å². The zero-order valence-electron chi connectivity index (χ0n) is 14.4. The average Bonchev–Trinajstić information content (AvgIpc) is 3.00. The van der Waals surface area contributed by atoms with Crippen LogP contribution in [0.25, 0.3) is 10.2 Å². The number of benzene rings is 2. The molecule has 0 bridgehead atoms. The summed E-state index contributed by atoms with van der Waals surface area (Å²) >= 11 is 13.5. The molecular formula is C18H18Cl2N4OS. The van der Waals surface area contributed by atoms with Gasteiger partial charge in [0, 0.05) is 18.8 Å². The first-order valence-corrected chi connectivity index (χ1v) is 9.73. The van der Waals surface area contributed by atoms with Crippen molar-refractivity contribution in [1.82, 2.24) is 4.98 Å². The van der Waals surface area contributed by atoms with Gasteiger partial charge >= 0.3 is 0 Å². The van der Waals surface area contributed by atoms with Crippen LogP contribution in [0.5, 0.6) is 0 Å². The van der Waals surface area contributed by atoms with Gasteiger partial charge in [0.2, 0.25) is 5.13 Å². The van der Waals surface area contributed by atoms with E-state index in [1.54, 1.807) is 12.1 Å². The minimum Gasteiger partial charge on any atom is -0.395 e. The Balaban J connectivity index is 1.84. The SMILES string of the molecule is CCN(CCO)c1ccc(N=Nc2nc3cc(Cl)c(Cl)cc3s2)c(C)c1. The van der Waals surface area contributed by atoms with Crippen LogP contribution in [0.15, 0.2) is 40.6 Å². The number of fused-ring (bicyclic) bond motifs is 1. The second-order valence-electron chi connectivity index (χ2n) is 5.70. The minimum atomic E-state index is 0.125. The Bertz CT molecular complexity index is 919. The highest BCUT2D eigenvalue weighted by molar-refractivity contribution is 7.22. The predicted octanol–water partition coefficient (Wildman–Crippen LogP) is 6.15. The summed E-state index contributed by atoms with van der Waals surface area (Å²) in [7, 11) is 0. The van der Waals surface area contributed by atoms with Crippen molar-refractivity contribution in [2.45, 2.75) is 13.8 Å².